The average molecular weight is 364 g/mol. The molecular formula is C17H21N3O2S2. The number of benzene rings is 1. The van der Waals surface area contributed by atoms with Crippen LogP contribution in [-0.4, -0.2) is 29.6 Å². The highest BCUT2D eigenvalue weighted by Gasteiger charge is 2.21. The first kappa shape index (κ1) is 18.5. The van der Waals surface area contributed by atoms with Gasteiger partial charge in [0.1, 0.15) is 6.04 Å². The van der Waals surface area contributed by atoms with Crippen molar-refractivity contribution in [1.29, 1.82) is 0 Å². The van der Waals surface area contributed by atoms with E-state index in [4.69, 9.17) is 0 Å². The lowest BCUT2D eigenvalue weighted by atomic mass is 10.1. The second kappa shape index (κ2) is 9.44. The minimum absolute atomic E-state index is 0.130. The standard InChI is InChI=1S/C17H21N3O2S2/c1-12-19-14(11-24-12)10-23-9-8-15(21)20-16(17(22)18-2)13-6-4-3-5-7-13/h3-7,11,16H,8-10H2,1-2H3,(H,18,22)(H,20,21)/t16-/m1/s1. The molecular weight excluding hydrogens is 342 g/mol. The van der Waals surface area contributed by atoms with E-state index in [1.165, 1.54) is 0 Å². The third-order valence-electron chi connectivity index (χ3n) is 3.34. The van der Waals surface area contributed by atoms with Crippen molar-refractivity contribution in [2.24, 2.45) is 0 Å². The average Bonchev–Trinajstić information content (AvgIpc) is 3.02. The molecule has 7 heteroatoms. The normalized spacial score (nSPS) is 11.8. The largest absolute Gasteiger partial charge is 0.357 e. The molecule has 0 bridgehead atoms. The van der Waals surface area contributed by atoms with E-state index in [0.717, 1.165) is 22.0 Å². The summed E-state index contributed by atoms with van der Waals surface area (Å²) in [5.41, 5.74) is 1.83. The zero-order valence-electron chi connectivity index (χ0n) is 13.7. The quantitative estimate of drug-likeness (QED) is 0.708. The first-order valence-electron chi connectivity index (χ1n) is 7.65. The summed E-state index contributed by atoms with van der Waals surface area (Å²) in [6, 6.07) is 8.59. The van der Waals surface area contributed by atoms with Crippen molar-refractivity contribution < 1.29 is 9.59 Å². The van der Waals surface area contributed by atoms with Crippen LogP contribution in [0.3, 0.4) is 0 Å². The Hall–Kier alpha value is -1.86. The van der Waals surface area contributed by atoms with Crippen LogP contribution < -0.4 is 10.6 Å². The molecule has 1 aromatic heterocycles. The van der Waals surface area contributed by atoms with E-state index < -0.39 is 6.04 Å². The highest BCUT2D eigenvalue weighted by molar-refractivity contribution is 7.98. The number of amides is 2. The zero-order valence-corrected chi connectivity index (χ0v) is 15.4. The molecule has 128 valence electrons. The minimum Gasteiger partial charge on any atom is -0.357 e. The number of aryl methyl sites for hydroxylation is 1. The SMILES string of the molecule is CNC(=O)[C@H](NC(=O)CCSCc1csc(C)n1)c1ccccc1. The van der Waals surface area contributed by atoms with Gasteiger partial charge in [-0.25, -0.2) is 4.98 Å². The van der Waals surface area contributed by atoms with Crippen LogP contribution in [0.1, 0.15) is 28.7 Å². The van der Waals surface area contributed by atoms with Crippen molar-refractivity contribution in [3.8, 4) is 0 Å². The number of hydrogen-bond acceptors (Lipinski definition) is 5. The summed E-state index contributed by atoms with van der Waals surface area (Å²) < 4.78 is 0. The lowest BCUT2D eigenvalue weighted by molar-refractivity contribution is -0.128. The van der Waals surface area contributed by atoms with Crippen molar-refractivity contribution in [2.45, 2.75) is 25.1 Å². The van der Waals surface area contributed by atoms with E-state index in [1.54, 1.807) is 30.1 Å². The second-order valence-electron chi connectivity index (χ2n) is 5.19. The maximum Gasteiger partial charge on any atom is 0.246 e. The smallest absolute Gasteiger partial charge is 0.246 e. The number of thioether (sulfide) groups is 1. The van der Waals surface area contributed by atoms with Gasteiger partial charge in [0.2, 0.25) is 11.8 Å². The number of carbonyl (C=O) groups is 2. The Balaban J connectivity index is 1.81. The van der Waals surface area contributed by atoms with E-state index in [1.807, 2.05) is 42.6 Å². The van der Waals surface area contributed by atoms with E-state index >= 15 is 0 Å². The Kier molecular flexibility index (Phi) is 7.27. The summed E-state index contributed by atoms with van der Waals surface area (Å²) in [6.07, 6.45) is 0.369. The molecule has 2 N–H and O–H groups in total. The Morgan fingerprint density at radius 1 is 1.29 bits per heavy atom. The monoisotopic (exact) mass is 363 g/mol. The molecule has 0 fully saturated rings. The molecule has 2 amide bonds. The van der Waals surface area contributed by atoms with Crippen LogP contribution in [0.2, 0.25) is 0 Å². The van der Waals surface area contributed by atoms with Gasteiger partial charge in [-0.15, -0.1) is 11.3 Å². The highest BCUT2D eigenvalue weighted by Crippen LogP contribution is 2.17. The fraction of sp³-hybridized carbons (Fsp3) is 0.353. The van der Waals surface area contributed by atoms with Gasteiger partial charge in [-0.1, -0.05) is 30.3 Å². The van der Waals surface area contributed by atoms with Crippen molar-refractivity contribution >= 4 is 34.9 Å². The van der Waals surface area contributed by atoms with Gasteiger partial charge in [0.25, 0.3) is 0 Å². The van der Waals surface area contributed by atoms with Gasteiger partial charge in [0.15, 0.2) is 0 Å². The molecule has 1 aromatic carbocycles. The fourth-order valence-electron chi connectivity index (χ4n) is 2.14. The van der Waals surface area contributed by atoms with Gasteiger partial charge in [-0.2, -0.15) is 11.8 Å². The van der Waals surface area contributed by atoms with Gasteiger partial charge in [-0.05, 0) is 12.5 Å². The molecule has 0 spiro atoms. The number of aromatic nitrogens is 1. The van der Waals surface area contributed by atoms with Crippen molar-refractivity contribution in [3.63, 3.8) is 0 Å². The topological polar surface area (TPSA) is 71.1 Å². The lowest BCUT2D eigenvalue weighted by Gasteiger charge is -2.17. The summed E-state index contributed by atoms with van der Waals surface area (Å²) >= 11 is 3.30. The number of thiazole rings is 1. The molecule has 0 saturated heterocycles. The van der Waals surface area contributed by atoms with Crippen LogP contribution in [0.4, 0.5) is 0 Å². The first-order chi connectivity index (χ1) is 11.6. The fourth-order valence-corrected chi connectivity index (χ4v) is 3.69. The molecule has 2 aromatic rings. The molecule has 0 unspecified atom stereocenters. The number of nitrogens with one attached hydrogen (secondary N) is 2. The van der Waals surface area contributed by atoms with Gasteiger partial charge in [0, 0.05) is 30.4 Å². The predicted molar refractivity (Wildman–Crippen MR) is 99.0 cm³/mol. The van der Waals surface area contributed by atoms with Crippen molar-refractivity contribution in [1.82, 2.24) is 15.6 Å². The number of rotatable bonds is 8. The maximum absolute atomic E-state index is 12.1. The Labute approximate surface area is 150 Å². The number of nitrogens with zero attached hydrogens (tertiary/aromatic N) is 1. The van der Waals surface area contributed by atoms with E-state index in [-0.39, 0.29) is 11.8 Å². The Morgan fingerprint density at radius 2 is 2.04 bits per heavy atom. The Morgan fingerprint density at radius 3 is 2.67 bits per heavy atom. The molecule has 0 aliphatic rings. The molecule has 2 rings (SSSR count). The van der Waals surface area contributed by atoms with Gasteiger partial charge < -0.3 is 10.6 Å². The lowest BCUT2D eigenvalue weighted by Crippen LogP contribution is -2.39. The van der Waals surface area contributed by atoms with Gasteiger partial charge in [0.05, 0.1) is 10.7 Å². The highest BCUT2D eigenvalue weighted by atomic mass is 32.2. The number of hydrogen-bond donors (Lipinski definition) is 2. The van der Waals surface area contributed by atoms with E-state index in [2.05, 4.69) is 15.6 Å². The summed E-state index contributed by atoms with van der Waals surface area (Å²) in [4.78, 5) is 28.6. The molecule has 24 heavy (non-hydrogen) atoms. The maximum atomic E-state index is 12.1. The summed E-state index contributed by atoms with van der Waals surface area (Å²) in [5, 5.41) is 8.50. The Bertz CT molecular complexity index is 673. The molecule has 0 saturated carbocycles. The molecule has 0 aliphatic heterocycles. The van der Waals surface area contributed by atoms with Crippen LogP contribution in [-0.2, 0) is 15.3 Å². The van der Waals surface area contributed by atoms with Gasteiger partial charge >= 0.3 is 0 Å². The molecule has 1 atom stereocenters. The van der Waals surface area contributed by atoms with Crippen molar-refractivity contribution in [3.05, 3.63) is 52.0 Å². The first-order valence-corrected chi connectivity index (χ1v) is 9.68. The summed E-state index contributed by atoms with van der Waals surface area (Å²) in [5.74, 6) is 1.14. The number of carbonyl (C=O) groups excluding carboxylic acids is 2. The van der Waals surface area contributed by atoms with E-state index in [9.17, 15) is 9.59 Å². The zero-order chi connectivity index (χ0) is 17.4. The van der Waals surface area contributed by atoms with Gasteiger partial charge in [-0.3, -0.25) is 9.59 Å². The van der Waals surface area contributed by atoms with Crippen LogP contribution in [0.25, 0.3) is 0 Å². The predicted octanol–water partition coefficient (Wildman–Crippen LogP) is 2.68. The third-order valence-corrected chi connectivity index (χ3v) is 5.15. The number of likely N-dealkylation sites (N-methyl/N-ethyl adjacent to an activating group) is 1. The second-order valence-corrected chi connectivity index (χ2v) is 7.35. The van der Waals surface area contributed by atoms with Crippen LogP contribution in [0.15, 0.2) is 35.7 Å². The van der Waals surface area contributed by atoms with E-state index in [0.29, 0.717) is 12.2 Å². The van der Waals surface area contributed by atoms with Crippen molar-refractivity contribution in [2.75, 3.05) is 12.8 Å². The molecule has 1 heterocycles. The van der Waals surface area contributed by atoms with Crippen LogP contribution >= 0.6 is 23.1 Å². The molecule has 5 nitrogen and oxygen atoms in total. The van der Waals surface area contributed by atoms with Crippen LogP contribution in [0.5, 0.6) is 0 Å². The summed E-state index contributed by atoms with van der Waals surface area (Å²) in [6.45, 7) is 1.98. The van der Waals surface area contributed by atoms with Crippen LogP contribution in [0, 0.1) is 6.92 Å². The summed E-state index contributed by atoms with van der Waals surface area (Å²) in [7, 11) is 1.57. The molecule has 0 radical (unpaired) electrons. The molecule has 0 aliphatic carbocycles. The minimum atomic E-state index is -0.658. The third kappa shape index (κ3) is 5.65.